The largest absolute Gasteiger partial charge is 0.493 e. The second-order valence-electron chi connectivity index (χ2n) is 6.84. The van der Waals surface area contributed by atoms with Gasteiger partial charge in [-0.05, 0) is 48.8 Å². The number of non-ortho nitro benzene ring substituents is 1. The monoisotopic (exact) mass is 508 g/mol. The van der Waals surface area contributed by atoms with Crippen LogP contribution in [0.5, 0.6) is 5.75 Å². The summed E-state index contributed by atoms with van der Waals surface area (Å²) in [5.41, 5.74) is 4.80. The van der Waals surface area contributed by atoms with E-state index in [4.69, 9.17) is 17.0 Å². The molecule has 0 atom stereocenters. The molecule has 2 rings (SSSR count). The molecule has 0 unspecified atom stereocenters. The van der Waals surface area contributed by atoms with Crippen molar-refractivity contribution >= 4 is 50.8 Å². The van der Waals surface area contributed by atoms with E-state index >= 15 is 0 Å². The molecule has 0 fully saturated rings. The summed E-state index contributed by atoms with van der Waals surface area (Å²) in [6.07, 6.45) is 0.834. The maximum absolute atomic E-state index is 12.6. The third-order valence-electron chi connectivity index (χ3n) is 3.97. The van der Waals surface area contributed by atoms with Gasteiger partial charge in [0.1, 0.15) is 5.75 Å². The van der Waals surface area contributed by atoms with Crippen molar-refractivity contribution in [1.82, 2.24) is 16.2 Å². The van der Waals surface area contributed by atoms with E-state index in [1.165, 1.54) is 18.2 Å². The van der Waals surface area contributed by atoms with Gasteiger partial charge in [0.15, 0.2) is 5.11 Å². The zero-order valence-electron chi connectivity index (χ0n) is 16.8. The molecule has 0 aliphatic rings. The molecule has 164 valence electrons. The van der Waals surface area contributed by atoms with Gasteiger partial charge in [-0.2, -0.15) is 0 Å². The maximum atomic E-state index is 12.6. The van der Waals surface area contributed by atoms with Gasteiger partial charge in [0.2, 0.25) is 0 Å². The fourth-order valence-corrected chi connectivity index (χ4v) is 2.86. The summed E-state index contributed by atoms with van der Waals surface area (Å²) in [7, 11) is 0. The van der Waals surface area contributed by atoms with Crippen molar-refractivity contribution in [3.05, 3.63) is 68.2 Å². The number of hydrogen-bond acceptors (Lipinski definition) is 6. The van der Waals surface area contributed by atoms with Crippen LogP contribution in [0.25, 0.3) is 0 Å². The van der Waals surface area contributed by atoms with E-state index in [-0.39, 0.29) is 21.9 Å². The third-order valence-corrected chi connectivity index (χ3v) is 4.67. The minimum absolute atomic E-state index is 0.0589. The van der Waals surface area contributed by atoms with Crippen LogP contribution in [0.4, 0.5) is 5.69 Å². The molecule has 0 radical (unpaired) electrons. The van der Waals surface area contributed by atoms with E-state index in [1.54, 1.807) is 18.2 Å². The molecular formula is C20H21BrN4O5S. The van der Waals surface area contributed by atoms with E-state index < -0.39 is 16.7 Å². The number of nitrogens with zero attached hydrogens (tertiary/aromatic N) is 1. The Labute approximate surface area is 192 Å². The van der Waals surface area contributed by atoms with Crippen molar-refractivity contribution in [2.24, 2.45) is 5.92 Å². The fourth-order valence-electron chi connectivity index (χ4n) is 2.36. The molecule has 0 saturated carbocycles. The molecule has 9 nitrogen and oxygen atoms in total. The normalized spacial score (nSPS) is 10.3. The smallest absolute Gasteiger partial charge is 0.270 e. The highest BCUT2D eigenvalue weighted by atomic mass is 79.9. The Bertz CT molecular complexity index is 999. The number of nitro benzene ring substituents is 1. The summed E-state index contributed by atoms with van der Waals surface area (Å²) >= 11 is 8.37. The second-order valence-corrected chi connectivity index (χ2v) is 8.17. The summed E-state index contributed by atoms with van der Waals surface area (Å²) in [4.78, 5) is 35.0. The predicted molar refractivity (Wildman–Crippen MR) is 123 cm³/mol. The van der Waals surface area contributed by atoms with Crippen molar-refractivity contribution in [2.45, 2.75) is 20.3 Å². The van der Waals surface area contributed by atoms with Crippen LogP contribution in [0.3, 0.4) is 0 Å². The Morgan fingerprint density at radius 2 is 1.90 bits per heavy atom. The van der Waals surface area contributed by atoms with E-state index in [0.29, 0.717) is 22.7 Å². The second kappa shape index (κ2) is 11.4. The zero-order chi connectivity index (χ0) is 23.0. The number of hydrazine groups is 1. The Hall–Kier alpha value is -3.05. The van der Waals surface area contributed by atoms with Crippen molar-refractivity contribution in [1.29, 1.82) is 0 Å². The van der Waals surface area contributed by atoms with Gasteiger partial charge in [0.25, 0.3) is 17.5 Å². The molecule has 2 amide bonds. The topological polar surface area (TPSA) is 123 Å². The number of nitro groups is 1. The van der Waals surface area contributed by atoms with Crippen LogP contribution in [0.15, 0.2) is 46.9 Å². The highest BCUT2D eigenvalue weighted by Crippen LogP contribution is 2.23. The first-order valence-corrected chi connectivity index (χ1v) is 10.5. The first kappa shape index (κ1) is 24.2. The average molecular weight is 509 g/mol. The number of carbonyl (C=O) groups is 2. The van der Waals surface area contributed by atoms with Crippen molar-refractivity contribution in [3.8, 4) is 5.75 Å². The molecule has 31 heavy (non-hydrogen) atoms. The maximum Gasteiger partial charge on any atom is 0.270 e. The van der Waals surface area contributed by atoms with E-state index in [1.807, 2.05) is 0 Å². The first-order chi connectivity index (χ1) is 14.7. The van der Waals surface area contributed by atoms with Gasteiger partial charge in [0.05, 0.1) is 17.1 Å². The average Bonchev–Trinajstić information content (AvgIpc) is 2.72. The molecule has 3 N–H and O–H groups in total. The Morgan fingerprint density at radius 1 is 1.16 bits per heavy atom. The standard InChI is InChI=1S/C20H21BrN4O5S/c1-12(2)8-9-30-17-7-6-14(21)11-16(17)19(27)22-20(31)24-23-18(26)13-4-3-5-15(10-13)25(28)29/h3-7,10-12H,8-9H2,1-2H3,(H,23,26)(H2,22,24,27,31). The summed E-state index contributed by atoms with van der Waals surface area (Å²) in [5, 5.41) is 13.1. The number of hydrogen-bond donors (Lipinski definition) is 3. The van der Waals surface area contributed by atoms with Crippen molar-refractivity contribution in [3.63, 3.8) is 0 Å². The minimum Gasteiger partial charge on any atom is -0.493 e. The summed E-state index contributed by atoms with van der Waals surface area (Å²) in [6, 6.07) is 10.2. The van der Waals surface area contributed by atoms with Crippen LogP contribution in [0.1, 0.15) is 41.0 Å². The summed E-state index contributed by atoms with van der Waals surface area (Å²) in [5.74, 6) is -0.313. The number of thiocarbonyl (C=S) groups is 1. The molecule has 0 aromatic heterocycles. The quantitative estimate of drug-likeness (QED) is 0.295. The molecule has 2 aromatic rings. The summed E-state index contributed by atoms with van der Waals surface area (Å²) in [6.45, 7) is 4.61. The lowest BCUT2D eigenvalue weighted by Crippen LogP contribution is -2.48. The van der Waals surface area contributed by atoms with Gasteiger partial charge < -0.3 is 4.74 Å². The number of carbonyl (C=O) groups excluding carboxylic acids is 2. The fraction of sp³-hybridized carbons (Fsp3) is 0.250. The van der Waals surface area contributed by atoms with Gasteiger partial charge in [0, 0.05) is 22.2 Å². The molecule has 0 aliphatic carbocycles. The number of halogens is 1. The SMILES string of the molecule is CC(C)CCOc1ccc(Br)cc1C(=O)NC(=S)NNC(=O)c1cccc([N+](=O)[O-])c1. The van der Waals surface area contributed by atoms with E-state index in [9.17, 15) is 19.7 Å². The number of ether oxygens (including phenoxy) is 1. The molecular weight excluding hydrogens is 488 g/mol. The number of rotatable bonds is 7. The molecule has 2 aromatic carbocycles. The lowest BCUT2D eigenvalue weighted by Gasteiger charge is -2.14. The lowest BCUT2D eigenvalue weighted by atomic mass is 10.1. The van der Waals surface area contributed by atoms with Gasteiger partial charge >= 0.3 is 0 Å². The third kappa shape index (κ3) is 7.61. The Balaban J connectivity index is 1.97. The van der Waals surface area contributed by atoms with Gasteiger partial charge in [-0.25, -0.2) is 0 Å². The molecule has 0 saturated heterocycles. The number of benzene rings is 2. The molecule has 11 heteroatoms. The van der Waals surface area contributed by atoms with Crippen LogP contribution >= 0.6 is 28.1 Å². The highest BCUT2D eigenvalue weighted by Gasteiger charge is 2.16. The number of amides is 2. The van der Waals surface area contributed by atoms with Crippen LogP contribution in [-0.2, 0) is 0 Å². The molecule has 0 aliphatic heterocycles. The van der Waals surface area contributed by atoms with Crippen LogP contribution in [0.2, 0.25) is 0 Å². The van der Waals surface area contributed by atoms with E-state index in [0.717, 1.165) is 12.5 Å². The lowest BCUT2D eigenvalue weighted by molar-refractivity contribution is -0.384. The zero-order valence-corrected chi connectivity index (χ0v) is 19.2. The van der Waals surface area contributed by atoms with E-state index in [2.05, 4.69) is 45.9 Å². The van der Waals surface area contributed by atoms with Gasteiger partial charge in [-0.15, -0.1) is 0 Å². The van der Waals surface area contributed by atoms with Crippen LogP contribution in [0, 0.1) is 16.0 Å². The molecule has 0 heterocycles. The minimum atomic E-state index is -0.652. The predicted octanol–water partition coefficient (Wildman–Crippen LogP) is 3.73. The molecule has 0 spiro atoms. The van der Waals surface area contributed by atoms with Crippen LogP contribution < -0.4 is 20.9 Å². The molecule has 0 bridgehead atoms. The van der Waals surface area contributed by atoms with Crippen LogP contribution in [-0.4, -0.2) is 28.5 Å². The summed E-state index contributed by atoms with van der Waals surface area (Å²) < 4.78 is 6.41. The Kier molecular flexibility index (Phi) is 8.88. The van der Waals surface area contributed by atoms with Gasteiger partial charge in [-0.3, -0.25) is 35.9 Å². The van der Waals surface area contributed by atoms with Crippen molar-refractivity contribution < 1.29 is 19.2 Å². The first-order valence-electron chi connectivity index (χ1n) is 9.26. The number of nitrogens with one attached hydrogen (secondary N) is 3. The van der Waals surface area contributed by atoms with Crippen molar-refractivity contribution in [2.75, 3.05) is 6.61 Å². The van der Waals surface area contributed by atoms with Gasteiger partial charge in [-0.1, -0.05) is 35.8 Å². The Morgan fingerprint density at radius 3 is 2.58 bits per heavy atom. The highest BCUT2D eigenvalue weighted by molar-refractivity contribution is 9.10.